The molecule has 0 aromatic heterocycles. The Kier molecular flexibility index (Phi) is 5.49. The molecule has 0 aliphatic carbocycles. The Morgan fingerprint density at radius 3 is 2.52 bits per heavy atom. The van der Waals surface area contributed by atoms with E-state index >= 15 is 0 Å². The van der Waals surface area contributed by atoms with Crippen LogP contribution < -0.4 is 14.2 Å². The average Bonchev–Trinajstić information content (AvgIpc) is 3.07. The van der Waals surface area contributed by atoms with E-state index in [2.05, 4.69) is 0 Å². The van der Waals surface area contributed by atoms with E-state index in [1.807, 2.05) is 6.07 Å². The molecule has 2 aromatic carbocycles. The smallest absolute Gasteiger partial charge is 0.344 e. The topological polar surface area (TPSA) is 80.3 Å². The highest BCUT2D eigenvalue weighted by atomic mass is 16.6. The predicted octanol–water partition coefficient (Wildman–Crippen LogP) is 2.98. The molecule has 0 saturated carbocycles. The number of esters is 2. The summed E-state index contributed by atoms with van der Waals surface area (Å²) in [5.41, 5.74) is 2.69. The maximum atomic E-state index is 11.9. The van der Waals surface area contributed by atoms with E-state index in [1.54, 1.807) is 31.2 Å². The zero-order chi connectivity index (χ0) is 19.4. The Morgan fingerprint density at radius 1 is 1.04 bits per heavy atom. The number of carbonyl (C=O) groups is 2. The summed E-state index contributed by atoms with van der Waals surface area (Å²) in [4.78, 5) is 23.6. The van der Waals surface area contributed by atoms with Crippen LogP contribution in [0.15, 0.2) is 30.3 Å². The fourth-order valence-electron chi connectivity index (χ4n) is 2.99. The Bertz CT molecular complexity index is 873. The lowest BCUT2D eigenvalue weighted by Crippen LogP contribution is -2.15. The Hall–Kier alpha value is -3.22. The second kappa shape index (κ2) is 7.99. The van der Waals surface area contributed by atoms with Crippen LogP contribution in [0.2, 0.25) is 0 Å². The lowest BCUT2D eigenvalue weighted by atomic mass is 9.95. The van der Waals surface area contributed by atoms with Gasteiger partial charge in [-0.15, -0.1) is 0 Å². The van der Waals surface area contributed by atoms with Crippen LogP contribution in [0.5, 0.6) is 17.2 Å². The molecule has 27 heavy (non-hydrogen) atoms. The van der Waals surface area contributed by atoms with Crippen LogP contribution in [-0.2, 0) is 20.9 Å². The minimum Gasteiger partial charge on any atom is -0.493 e. The quantitative estimate of drug-likeness (QED) is 0.691. The molecule has 0 bridgehead atoms. The summed E-state index contributed by atoms with van der Waals surface area (Å²) in [6.45, 7) is 1.88. The van der Waals surface area contributed by atoms with Gasteiger partial charge in [-0.3, -0.25) is 0 Å². The summed E-state index contributed by atoms with van der Waals surface area (Å²) in [6, 6.07) is 8.88. The van der Waals surface area contributed by atoms with Gasteiger partial charge in [-0.2, -0.15) is 0 Å². The molecule has 0 saturated heterocycles. The van der Waals surface area contributed by atoms with E-state index in [-0.39, 0.29) is 25.8 Å². The number of rotatable bonds is 7. The van der Waals surface area contributed by atoms with Gasteiger partial charge < -0.3 is 23.7 Å². The van der Waals surface area contributed by atoms with Crippen LogP contribution in [0.1, 0.15) is 22.8 Å². The van der Waals surface area contributed by atoms with E-state index in [0.29, 0.717) is 28.4 Å². The minimum absolute atomic E-state index is 0.177. The summed E-state index contributed by atoms with van der Waals surface area (Å²) in [7, 11) is 3.00. The summed E-state index contributed by atoms with van der Waals surface area (Å²) in [6.07, 6.45) is 0. The van der Waals surface area contributed by atoms with E-state index in [1.165, 1.54) is 14.2 Å². The first-order valence-corrected chi connectivity index (χ1v) is 8.43. The molecule has 7 heteroatoms. The second-order valence-corrected chi connectivity index (χ2v) is 5.68. The maximum Gasteiger partial charge on any atom is 0.344 e. The summed E-state index contributed by atoms with van der Waals surface area (Å²) >= 11 is 0. The maximum absolute atomic E-state index is 11.9. The van der Waals surface area contributed by atoms with Gasteiger partial charge in [-0.25, -0.2) is 9.59 Å². The Morgan fingerprint density at radius 2 is 1.81 bits per heavy atom. The van der Waals surface area contributed by atoms with Crippen LogP contribution in [0.3, 0.4) is 0 Å². The fourth-order valence-corrected chi connectivity index (χ4v) is 2.99. The highest BCUT2D eigenvalue weighted by molar-refractivity contribution is 5.96. The van der Waals surface area contributed by atoms with Crippen LogP contribution in [0.25, 0.3) is 11.1 Å². The largest absolute Gasteiger partial charge is 0.493 e. The van der Waals surface area contributed by atoms with Gasteiger partial charge in [0, 0.05) is 11.1 Å². The molecule has 1 heterocycles. The highest BCUT2D eigenvalue weighted by Crippen LogP contribution is 2.46. The first-order chi connectivity index (χ1) is 13.1. The lowest BCUT2D eigenvalue weighted by molar-refractivity contribution is -0.145. The zero-order valence-corrected chi connectivity index (χ0v) is 15.4. The second-order valence-electron chi connectivity index (χ2n) is 5.68. The van der Waals surface area contributed by atoms with Crippen molar-refractivity contribution in [2.75, 3.05) is 27.4 Å². The van der Waals surface area contributed by atoms with Crippen molar-refractivity contribution < 1.29 is 33.3 Å². The molecule has 1 aliphatic rings. The monoisotopic (exact) mass is 372 g/mol. The van der Waals surface area contributed by atoms with Crippen molar-refractivity contribution in [3.63, 3.8) is 0 Å². The Labute approximate surface area is 156 Å². The molecular formula is C20H20O7. The van der Waals surface area contributed by atoms with Crippen molar-refractivity contribution in [3.05, 3.63) is 41.5 Å². The SMILES string of the molecule is CCOC(=O)COc1c(-c2cccc3c2COC3=O)ccc(OC)c1OC. The molecule has 2 aromatic rings. The van der Waals surface area contributed by atoms with Crippen LogP contribution in [-0.4, -0.2) is 39.4 Å². The molecule has 3 rings (SSSR count). The van der Waals surface area contributed by atoms with E-state index in [4.69, 9.17) is 23.7 Å². The van der Waals surface area contributed by atoms with E-state index in [0.717, 1.165) is 11.1 Å². The summed E-state index contributed by atoms with van der Waals surface area (Å²) in [5.74, 6) is 0.284. The van der Waals surface area contributed by atoms with Crippen molar-refractivity contribution in [2.45, 2.75) is 13.5 Å². The van der Waals surface area contributed by atoms with Crippen molar-refractivity contribution in [1.82, 2.24) is 0 Å². The lowest BCUT2D eigenvalue weighted by Gasteiger charge is -2.18. The number of methoxy groups -OCH3 is 2. The van der Waals surface area contributed by atoms with Gasteiger partial charge in [-0.05, 0) is 30.7 Å². The van der Waals surface area contributed by atoms with Gasteiger partial charge in [0.25, 0.3) is 0 Å². The number of ether oxygens (including phenoxy) is 5. The number of cyclic esters (lactones) is 1. The van der Waals surface area contributed by atoms with Crippen LogP contribution in [0, 0.1) is 0 Å². The van der Waals surface area contributed by atoms with Gasteiger partial charge >= 0.3 is 11.9 Å². The molecule has 0 N–H and O–H groups in total. The molecule has 0 radical (unpaired) electrons. The number of hydrogen-bond acceptors (Lipinski definition) is 7. The number of fused-ring (bicyclic) bond motifs is 1. The third-order valence-corrected chi connectivity index (χ3v) is 4.17. The number of benzene rings is 2. The molecule has 7 nitrogen and oxygen atoms in total. The molecule has 0 spiro atoms. The van der Waals surface area contributed by atoms with Crippen molar-refractivity contribution >= 4 is 11.9 Å². The molecule has 142 valence electrons. The molecule has 0 amide bonds. The first-order valence-electron chi connectivity index (χ1n) is 8.43. The molecule has 1 aliphatic heterocycles. The van der Waals surface area contributed by atoms with Gasteiger partial charge in [0.1, 0.15) is 6.61 Å². The van der Waals surface area contributed by atoms with E-state index < -0.39 is 5.97 Å². The number of hydrogen-bond donors (Lipinski definition) is 0. The average molecular weight is 372 g/mol. The number of carbonyl (C=O) groups excluding carboxylic acids is 2. The minimum atomic E-state index is -0.495. The predicted molar refractivity (Wildman–Crippen MR) is 96.2 cm³/mol. The Balaban J connectivity index is 2.10. The van der Waals surface area contributed by atoms with Gasteiger partial charge in [-0.1, -0.05) is 12.1 Å². The first kappa shape index (κ1) is 18.6. The van der Waals surface area contributed by atoms with Crippen molar-refractivity contribution in [1.29, 1.82) is 0 Å². The van der Waals surface area contributed by atoms with Gasteiger partial charge in [0.05, 0.1) is 26.4 Å². The molecule has 0 atom stereocenters. The van der Waals surface area contributed by atoms with Crippen LogP contribution in [0.4, 0.5) is 0 Å². The fraction of sp³-hybridized carbons (Fsp3) is 0.300. The van der Waals surface area contributed by atoms with E-state index in [9.17, 15) is 9.59 Å². The summed E-state index contributed by atoms with van der Waals surface area (Å²) in [5, 5.41) is 0. The third-order valence-electron chi connectivity index (χ3n) is 4.17. The normalized spacial score (nSPS) is 12.2. The molecule has 0 fully saturated rings. The standard InChI is InChI=1S/C20H20O7/c1-4-25-17(21)11-26-18-13(8-9-16(23-2)19(18)24-3)12-6-5-7-14-15(12)10-27-20(14)22/h5-9H,4,10-11H2,1-3H3. The highest BCUT2D eigenvalue weighted by Gasteiger charge is 2.27. The van der Waals surface area contributed by atoms with Gasteiger partial charge in [0.15, 0.2) is 18.1 Å². The molecular weight excluding hydrogens is 352 g/mol. The molecule has 0 unspecified atom stereocenters. The van der Waals surface area contributed by atoms with Gasteiger partial charge in [0.2, 0.25) is 5.75 Å². The van der Waals surface area contributed by atoms with Crippen LogP contribution >= 0.6 is 0 Å². The van der Waals surface area contributed by atoms with Crippen molar-refractivity contribution in [2.24, 2.45) is 0 Å². The zero-order valence-electron chi connectivity index (χ0n) is 15.4. The third kappa shape index (κ3) is 3.53. The van der Waals surface area contributed by atoms with Crippen molar-refractivity contribution in [3.8, 4) is 28.4 Å². The summed E-state index contributed by atoms with van der Waals surface area (Å²) < 4.78 is 26.6.